The lowest BCUT2D eigenvalue weighted by Crippen LogP contribution is -1.89. The second-order valence-electron chi connectivity index (χ2n) is 5.19. The van der Waals surface area contributed by atoms with Gasteiger partial charge >= 0.3 is 0 Å². The van der Waals surface area contributed by atoms with Gasteiger partial charge in [0.1, 0.15) is 28.7 Å². The highest BCUT2D eigenvalue weighted by Crippen LogP contribution is 2.36. The van der Waals surface area contributed by atoms with Crippen LogP contribution in [-0.4, -0.2) is 19.3 Å². The predicted octanol–water partition coefficient (Wildman–Crippen LogP) is 4.99. The van der Waals surface area contributed by atoms with E-state index < -0.39 is 0 Å². The van der Waals surface area contributed by atoms with E-state index >= 15 is 0 Å². The number of benzene rings is 3. The molecule has 0 aromatic heterocycles. The summed E-state index contributed by atoms with van der Waals surface area (Å²) in [5, 5.41) is 10.2. The topological polar surface area (TPSA) is 57.2 Å². The number of rotatable bonds is 6. The van der Waals surface area contributed by atoms with Gasteiger partial charge in [-0.1, -0.05) is 12.1 Å². The van der Waals surface area contributed by atoms with E-state index in [9.17, 15) is 5.11 Å². The third kappa shape index (κ3) is 4.14. The monoisotopic (exact) mass is 338 g/mol. The van der Waals surface area contributed by atoms with E-state index in [1.54, 1.807) is 50.6 Å². The predicted molar refractivity (Wildman–Crippen MR) is 94.2 cm³/mol. The molecule has 0 atom stereocenters. The molecule has 5 nitrogen and oxygen atoms in total. The molecule has 3 aromatic rings. The molecule has 0 unspecified atom stereocenters. The summed E-state index contributed by atoms with van der Waals surface area (Å²) in [6.07, 6.45) is 0. The number of phenols is 1. The van der Waals surface area contributed by atoms with Gasteiger partial charge < -0.3 is 24.1 Å². The fourth-order valence-corrected chi connectivity index (χ4v) is 2.24. The Morgan fingerprint density at radius 3 is 1.68 bits per heavy atom. The molecule has 5 heteroatoms. The van der Waals surface area contributed by atoms with Crippen LogP contribution in [0.5, 0.6) is 40.2 Å². The average Bonchev–Trinajstić information content (AvgIpc) is 2.64. The van der Waals surface area contributed by atoms with E-state index in [0.29, 0.717) is 34.5 Å². The van der Waals surface area contributed by atoms with E-state index in [-0.39, 0.29) is 5.75 Å². The highest BCUT2D eigenvalue weighted by Gasteiger charge is 2.08. The van der Waals surface area contributed by atoms with E-state index in [4.69, 9.17) is 18.9 Å². The first-order chi connectivity index (χ1) is 12.2. The molecule has 0 fully saturated rings. The molecule has 0 aliphatic carbocycles. The van der Waals surface area contributed by atoms with Crippen LogP contribution in [0.1, 0.15) is 0 Å². The number of hydrogen-bond acceptors (Lipinski definition) is 5. The lowest BCUT2D eigenvalue weighted by molar-refractivity contribution is 0.394. The molecule has 1 N–H and O–H groups in total. The van der Waals surface area contributed by atoms with Crippen LogP contribution in [0.25, 0.3) is 0 Å². The molecule has 0 aliphatic rings. The van der Waals surface area contributed by atoms with Gasteiger partial charge in [-0.25, -0.2) is 0 Å². The third-order valence-electron chi connectivity index (χ3n) is 3.48. The summed E-state index contributed by atoms with van der Waals surface area (Å²) >= 11 is 0. The van der Waals surface area contributed by atoms with E-state index in [0.717, 1.165) is 0 Å². The Kier molecular flexibility index (Phi) is 4.95. The van der Waals surface area contributed by atoms with Crippen molar-refractivity contribution in [3.63, 3.8) is 0 Å². The third-order valence-corrected chi connectivity index (χ3v) is 3.48. The van der Waals surface area contributed by atoms with Crippen molar-refractivity contribution in [3.05, 3.63) is 66.7 Å². The molecule has 25 heavy (non-hydrogen) atoms. The Bertz CT molecular complexity index is 860. The fraction of sp³-hybridized carbons (Fsp3) is 0.100. The van der Waals surface area contributed by atoms with Crippen molar-refractivity contribution < 1.29 is 24.1 Å². The molecule has 0 radical (unpaired) electrons. The molecule has 3 aromatic carbocycles. The lowest BCUT2D eigenvalue weighted by atomic mass is 10.2. The molecular formula is C20H18O5. The van der Waals surface area contributed by atoms with Crippen molar-refractivity contribution in [1.29, 1.82) is 0 Å². The molecule has 0 spiro atoms. The van der Waals surface area contributed by atoms with Crippen molar-refractivity contribution in [2.75, 3.05) is 14.2 Å². The highest BCUT2D eigenvalue weighted by molar-refractivity contribution is 5.48. The maximum atomic E-state index is 10.2. The SMILES string of the molecule is COc1cccc(Oc2ccc(Oc3cccc(OC)c3)c(O)c2)c1. The zero-order valence-corrected chi connectivity index (χ0v) is 13.9. The summed E-state index contributed by atoms with van der Waals surface area (Å²) in [6, 6.07) is 19.2. The van der Waals surface area contributed by atoms with Gasteiger partial charge in [0.25, 0.3) is 0 Å². The number of phenolic OH excluding ortho intramolecular Hbond substituents is 1. The van der Waals surface area contributed by atoms with Crippen molar-refractivity contribution in [2.24, 2.45) is 0 Å². The molecule has 128 valence electrons. The van der Waals surface area contributed by atoms with Crippen LogP contribution in [0.15, 0.2) is 66.7 Å². The van der Waals surface area contributed by atoms with E-state index in [1.807, 2.05) is 24.3 Å². The standard InChI is InChI=1S/C20H18O5/c1-22-14-5-3-7-16(11-14)24-18-9-10-20(19(21)13-18)25-17-8-4-6-15(12-17)23-2/h3-13,21H,1-2H3. The van der Waals surface area contributed by atoms with Gasteiger partial charge in [0.15, 0.2) is 11.5 Å². The number of aromatic hydroxyl groups is 1. The summed E-state index contributed by atoms with van der Waals surface area (Å²) in [7, 11) is 3.18. The molecule has 0 saturated heterocycles. The highest BCUT2D eigenvalue weighted by atomic mass is 16.5. The first-order valence-corrected chi connectivity index (χ1v) is 7.65. The Morgan fingerprint density at radius 1 is 0.600 bits per heavy atom. The van der Waals surface area contributed by atoms with Crippen LogP contribution in [0, 0.1) is 0 Å². The van der Waals surface area contributed by atoms with Crippen molar-refractivity contribution in [3.8, 4) is 40.2 Å². The zero-order chi connectivity index (χ0) is 17.6. The lowest BCUT2D eigenvalue weighted by Gasteiger charge is -2.11. The molecule has 0 aliphatic heterocycles. The molecule has 0 saturated carbocycles. The average molecular weight is 338 g/mol. The molecule has 3 rings (SSSR count). The van der Waals surface area contributed by atoms with Crippen LogP contribution in [0.3, 0.4) is 0 Å². The van der Waals surface area contributed by atoms with Gasteiger partial charge in [-0.15, -0.1) is 0 Å². The number of ether oxygens (including phenoxy) is 4. The van der Waals surface area contributed by atoms with E-state index in [1.165, 1.54) is 6.07 Å². The zero-order valence-electron chi connectivity index (χ0n) is 13.9. The molecular weight excluding hydrogens is 320 g/mol. The van der Waals surface area contributed by atoms with Crippen molar-refractivity contribution >= 4 is 0 Å². The molecule has 0 heterocycles. The minimum Gasteiger partial charge on any atom is -0.504 e. The normalized spacial score (nSPS) is 10.2. The molecule has 0 bridgehead atoms. The quantitative estimate of drug-likeness (QED) is 0.686. The maximum Gasteiger partial charge on any atom is 0.169 e. The second kappa shape index (κ2) is 7.49. The van der Waals surface area contributed by atoms with Crippen LogP contribution >= 0.6 is 0 Å². The van der Waals surface area contributed by atoms with Gasteiger partial charge in [-0.3, -0.25) is 0 Å². The number of methoxy groups -OCH3 is 2. The van der Waals surface area contributed by atoms with Crippen molar-refractivity contribution in [2.45, 2.75) is 0 Å². The fourth-order valence-electron chi connectivity index (χ4n) is 2.24. The smallest absolute Gasteiger partial charge is 0.169 e. The second-order valence-corrected chi connectivity index (χ2v) is 5.19. The summed E-state index contributed by atoms with van der Waals surface area (Å²) in [5.41, 5.74) is 0. The summed E-state index contributed by atoms with van der Waals surface area (Å²) in [6.45, 7) is 0. The van der Waals surface area contributed by atoms with Gasteiger partial charge in [0.2, 0.25) is 0 Å². The molecule has 0 amide bonds. The summed E-state index contributed by atoms with van der Waals surface area (Å²) < 4.78 is 21.7. The Labute approximate surface area is 146 Å². The first-order valence-electron chi connectivity index (χ1n) is 7.65. The minimum atomic E-state index is -0.0248. The van der Waals surface area contributed by atoms with Gasteiger partial charge in [-0.2, -0.15) is 0 Å². The van der Waals surface area contributed by atoms with Crippen LogP contribution < -0.4 is 18.9 Å². The number of hydrogen-bond donors (Lipinski definition) is 1. The Morgan fingerprint density at radius 2 is 1.12 bits per heavy atom. The van der Waals surface area contributed by atoms with Gasteiger partial charge in [0, 0.05) is 18.2 Å². The summed E-state index contributed by atoms with van der Waals surface area (Å²) in [5.74, 6) is 3.34. The first kappa shape index (κ1) is 16.5. The van der Waals surface area contributed by atoms with Crippen LogP contribution in [-0.2, 0) is 0 Å². The Hall–Kier alpha value is -3.34. The van der Waals surface area contributed by atoms with Gasteiger partial charge in [0.05, 0.1) is 14.2 Å². The Balaban J connectivity index is 1.76. The largest absolute Gasteiger partial charge is 0.504 e. The van der Waals surface area contributed by atoms with Crippen LogP contribution in [0.4, 0.5) is 0 Å². The summed E-state index contributed by atoms with van der Waals surface area (Å²) in [4.78, 5) is 0. The maximum absolute atomic E-state index is 10.2. The van der Waals surface area contributed by atoms with Crippen LogP contribution in [0.2, 0.25) is 0 Å². The van der Waals surface area contributed by atoms with Gasteiger partial charge in [-0.05, 0) is 36.4 Å². The van der Waals surface area contributed by atoms with E-state index in [2.05, 4.69) is 0 Å². The van der Waals surface area contributed by atoms with Crippen molar-refractivity contribution in [1.82, 2.24) is 0 Å². The minimum absolute atomic E-state index is 0.0248.